The maximum absolute atomic E-state index is 12.5. The molecule has 1 heterocycles. The van der Waals surface area contributed by atoms with E-state index in [9.17, 15) is 9.90 Å². The summed E-state index contributed by atoms with van der Waals surface area (Å²) >= 11 is 0. The van der Waals surface area contributed by atoms with Gasteiger partial charge in [0.25, 0.3) is 5.91 Å². The van der Waals surface area contributed by atoms with Crippen LogP contribution in [0, 0.1) is 5.92 Å². The van der Waals surface area contributed by atoms with Crippen LogP contribution in [0.2, 0.25) is 0 Å². The first kappa shape index (κ1) is 17.3. The van der Waals surface area contributed by atoms with E-state index in [1.54, 1.807) is 31.4 Å². The van der Waals surface area contributed by atoms with Crippen molar-refractivity contribution >= 4 is 17.3 Å². The molecule has 0 aliphatic carbocycles. The molecule has 2 aromatic rings. The molecule has 25 heavy (non-hydrogen) atoms. The molecule has 0 atom stereocenters. The SMILES string of the molecule is COc1ccc(C(=O)Nc2ccccc2N2CCC(CO)CC2)cc1. The van der Waals surface area contributed by atoms with Crippen LogP contribution in [0.4, 0.5) is 11.4 Å². The average molecular weight is 340 g/mol. The minimum Gasteiger partial charge on any atom is -0.497 e. The number of hydrogen-bond acceptors (Lipinski definition) is 4. The van der Waals surface area contributed by atoms with Gasteiger partial charge in [0.15, 0.2) is 0 Å². The van der Waals surface area contributed by atoms with E-state index in [-0.39, 0.29) is 12.5 Å². The maximum atomic E-state index is 12.5. The Balaban J connectivity index is 1.73. The number of amides is 1. The number of hydrogen-bond donors (Lipinski definition) is 2. The zero-order valence-corrected chi connectivity index (χ0v) is 14.4. The second kappa shape index (κ2) is 8.03. The zero-order valence-electron chi connectivity index (χ0n) is 14.4. The van der Waals surface area contributed by atoms with Crippen molar-refractivity contribution in [2.24, 2.45) is 5.92 Å². The normalized spacial score (nSPS) is 15.0. The average Bonchev–Trinajstić information content (AvgIpc) is 2.68. The lowest BCUT2D eigenvalue weighted by Crippen LogP contribution is -2.35. The summed E-state index contributed by atoms with van der Waals surface area (Å²) in [6.07, 6.45) is 1.94. The second-order valence-corrected chi connectivity index (χ2v) is 6.31. The van der Waals surface area contributed by atoms with E-state index in [2.05, 4.69) is 10.2 Å². The van der Waals surface area contributed by atoms with Gasteiger partial charge in [-0.3, -0.25) is 4.79 Å². The van der Waals surface area contributed by atoms with E-state index in [1.165, 1.54) is 0 Å². The van der Waals surface area contributed by atoms with Crippen LogP contribution in [0.15, 0.2) is 48.5 Å². The minimum absolute atomic E-state index is 0.139. The van der Waals surface area contributed by atoms with Gasteiger partial charge in [0.2, 0.25) is 0 Å². The van der Waals surface area contributed by atoms with Gasteiger partial charge in [0.05, 0.1) is 18.5 Å². The molecule has 0 saturated carbocycles. The van der Waals surface area contributed by atoms with Gasteiger partial charge in [-0.2, -0.15) is 0 Å². The number of carbonyl (C=O) groups excluding carboxylic acids is 1. The van der Waals surface area contributed by atoms with Gasteiger partial charge in [0.1, 0.15) is 5.75 Å². The number of carbonyl (C=O) groups is 1. The van der Waals surface area contributed by atoms with Crippen molar-refractivity contribution in [1.82, 2.24) is 0 Å². The van der Waals surface area contributed by atoms with E-state index in [0.29, 0.717) is 11.5 Å². The van der Waals surface area contributed by atoms with E-state index in [1.807, 2.05) is 24.3 Å². The third-order valence-electron chi connectivity index (χ3n) is 4.72. The number of nitrogens with one attached hydrogen (secondary N) is 1. The summed E-state index contributed by atoms with van der Waals surface area (Å²) in [7, 11) is 1.60. The Morgan fingerprint density at radius 2 is 1.84 bits per heavy atom. The fraction of sp³-hybridized carbons (Fsp3) is 0.350. The number of methoxy groups -OCH3 is 1. The molecular formula is C20H24N2O3. The molecule has 5 nitrogen and oxygen atoms in total. The third-order valence-corrected chi connectivity index (χ3v) is 4.72. The van der Waals surface area contributed by atoms with Crippen LogP contribution < -0.4 is 15.0 Å². The summed E-state index contributed by atoms with van der Waals surface area (Å²) in [5, 5.41) is 12.3. The third kappa shape index (κ3) is 4.12. The quantitative estimate of drug-likeness (QED) is 0.878. The molecule has 0 unspecified atom stereocenters. The van der Waals surface area contributed by atoms with Gasteiger partial charge in [-0.15, -0.1) is 0 Å². The van der Waals surface area contributed by atoms with Crippen molar-refractivity contribution in [3.8, 4) is 5.75 Å². The Morgan fingerprint density at radius 1 is 1.16 bits per heavy atom. The van der Waals surface area contributed by atoms with Crippen molar-refractivity contribution in [1.29, 1.82) is 0 Å². The summed E-state index contributed by atoms with van der Waals surface area (Å²) in [5.74, 6) is 0.973. The monoisotopic (exact) mass is 340 g/mol. The number of anilines is 2. The lowest BCUT2D eigenvalue weighted by atomic mass is 9.97. The van der Waals surface area contributed by atoms with Gasteiger partial charge in [-0.25, -0.2) is 0 Å². The molecule has 1 aliphatic rings. The van der Waals surface area contributed by atoms with E-state index in [0.717, 1.165) is 43.1 Å². The van der Waals surface area contributed by atoms with Gasteiger partial charge >= 0.3 is 0 Å². The molecule has 1 amide bonds. The molecule has 0 aromatic heterocycles. The van der Waals surface area contributed by atoms with Crippen molar-refractivity contribution in [3.05, 3.63) is 54.1 Å². The molecular weight excluding hydrogens is 316 g/mol. The first-order valence-electron chi connectivity index (χ1n) is 8.61. The standard InChI is InChI=1S/C20H24N2O3/c1-25-17-8-6-16(7-9-17)20(24)21-18-4-2-3-5-19(18)22-12-10-15(14-23)11-13-22/h2-9,15,23H,10-14H2,1H3,(H,21,24). The van der Waals surface area contributed by atoms with Crippen LogP contribution in [0.1, 0.15) is 23.2 Å². The predicted octanol–water partition coefficient (Wildman–Crippen LogP) is 3.16. The van der Waals surface area contributed by atoms with E-state index >= 15 is 0 Å². The molecule has 3 rings (SSSR count). The Labute approximate surface area is 148 Å². The van der Waals surface area contributed by atoms with Crippen molar-refractivity contribution in [3.63, 3.8) is 0 Å². The van der Waals surface area contributed by atoms with Gasteiger partial charge in [-0.1, -0.05) is 12.1 Å². The molecule has 1 fully saturated rings. The Bertz CT molecular complexity index is 707. The van der Waals surface area contributed by atoms with Gasteiger partial charge in [0, 0.05) is 25.3 Å². The van der Waals surface area contributed by atoms with Crippen LogP contribution in [0.25, 0.3) is 0 Å². The fourth-order valence-electron chi connectivity index (χ4n) is 3.15. The molecule has 2 N–H and O–H groups in total. The topological polar surface area (TPSA) is 61.8 Å². The maximum Gasteiger partial charge on any atom is 0.255 e. The summed E-state index contributed by atoms with van der Waals surface area (Å²) in [4.78, 5) is 14.8. The predicted molar refractivity (Wildman–Crippen MR) is 99.4 cm³/mol. The highest BCUT2D eigenvalue weighted by Gasteiger charge is 2.21. The smallest absolute Gasteiger partial charge is 0.255 e. The zero-order chi connectivity index (χ0) is 17.6. The summed E-state index contributed by atoms with van der Waals surface area (Å²) in [6.45, 7) is 2.03. The number of rotatable bonds is 5. The lowest BCUT2D eigenvalue weighted by Gasteiger charge is -2.34. The van der Waals surface area contributed by atoms with Crippen LogP contribution in [-0.2, 0) is 0 Å². The highest BCUT2D eigenvalue weighted by Crippen LogP contribution is 2.30. The molecule has 132 valence electrons. The molecule has 2 aromatic carbocycles. The lowest BCUT2D eigenvalue weighted by molar-refractivity contribution is 0.102. The van der Waals surface area contributed by atoms with Crippen LogP contribution in [0.5, 0.6) is 5.75 Å². The summed E-state index contributed by atoms with van der Waals surface area (Å²) in [6, 6.07) is 14.9. The van der Waals surface area contributed by atoms with Crippen molar-refractivity contribution in [2.45, 2.75) is 12.8 Å². The van der Waals surface area contributed by atoms with Crippen molar-refractivity contribution in [2.75, 3.05) is 37.0 Å². The molecule has 5 heteroatoms. The van der Waals surface area contributed by atoms with Gasteiger partial charge < -0.3 is 20.1 Å². The highest BCUT2D eigenvalue weighted by atomic mass is 16.5. The fourth-order valence-corrected chi connectivity index (χ4v) is 3.15. The highest BCUT2D eigenvalue weighted by molar-refractivity contribution is 6.06. The molecule has 1 aliphatic heterocycles. The van der Waals surface area contributed by atoms with Crippen LogP contribution in [-0.4, -0.2) is 37.8 Å². The number of aliphatic hydroxyl groups excluding tert-OH is 1. The second-order valence-electron chi connectivity index (χ2n) is 6.31. The van der Waals surface area contributed by atoms with Crippen molar-refractivity contribution < 1.29 is 14.6 Å². The molecule has 0 radical (unpaired) electrons. The largest absolute Gasteiger partial charge is 0.497 e. The number of piperidine rings is 1. The number of aliphatic hydroxyl groups is 1. The minimum atomic E-state index is -0.139. The van der Waals surface area contributed by atoms with Crippen LogP contribution >= 0.6 is 0 Å². The first-order chi connectivity index (χ1) is 12.2. The number of benzene rings is 2. The van der Waals surface area contributed by atoms with E-state index in [4.69, 9.17) is 4.74 Å². The Kier molecular flexibility index (Phi) is 5.56. The molecule has 1 saturated heterocycles. The number of ether oxygens (including phenoxy) is 1. The first-order valence-corrected chi connectivity index (χ1v) is 8.61. The Morgan fingerprint density at radius 3 is 2.48 bits per heavy atom. The number of nitrogens with zero attached hydrogens (tertiary/aromatic N) is 1. The van der Waals surface area contributed by atoms with Crippen LogP contribution in [0.3, 0.4) is 0 Å². The van der Waals surface area contributed by atoms with Gasteiger partial charge in [-0.05, 0) is 55.2 Å². The summed E-state index contributed by atoms with van der Waals surface area (Å²) in [5.41, 5.74) is 2.43. The van der Waals surface area contributed by atoms with E-state index < -0.39 is 0 Å². The molecule has 0 bridgehead atoms. The molecule has 0 spiro atoms. The summed E-state index contributed by atoms with van der Waals surface area (Å²) < 4.78 is 5.13. The Hall–Kier alpha value is -2.53. The number of para-hydroxylation sites is 2.